The highest BCUT2D eigenvalue weighted by Crippen LogP contribution is 2.02. The molecule has 0 rings (SSSR count). The van der Waals surface area contributed by atoms with E-state index < -0.39 is 5.54 Å². The van der Waals surface area contributed by atoms with Crippen LogP contribution in [0, 0.1) is 11.3 Å². The summed E-state index contributed by atoms with van der Waals surface area (Å²) in [7, 11) is 0. The van der Waals surface area contributed by atoms with E-state index in [0.29, 0.717) is 19.8 Å². The molecule has 0 heterocycles. The van der Waals surface area contributed by atoms with E-state index in [9.17, 15) is 0 Å². The summed E-state index contributed by atoms with van der Waals surface area (Å²) in [4.78, 5) is 0. The summed E-state index contributed by atoms with van der Waals surface area (Å²) in [5.41, 5.74) is -0.584. The van der Waals surface area contributed by atoms with Crippen molar-refractivity contribution in [2.75, 3.05) is 33.0 Å². The molecule has 4 nitrogen and oxygen atoms in total. The molecule has 0 bridgehead atoms. The first kappa shape index (κ1) is 16.4. The van der Waals surface area contributed by atoms with Crippen molar-refractivity contribution in [2.24, 2.45) is 0 Å². The fourth-order valence-electron chi connectivity index (χ4n) is 1.27. The lowest BCUT2D eigenvalue weighted by Crippen LogP contribution is -2.45. The van der Waals surface area contributed by atoms with Crippen LogP contribution in [-0.2, 0) is 9.47 Å². The van der Waals surface area contributed by atoms with Crippen LogP contribution < -0.4 is 5.32 Å². The van der Waals surface area contributed by atoms with Gasteiger partial charge in [0.15, 0.2) is 0 Å². The third kappa shape index (κ3) is 9.11. The van der Waals surface area contributed by atoms with Gasteiger partial charge in [-0.1, -0.05) is 20.3 Å². The second kappa shape index (κ2) is 10.5. The Kier molecular flexibility index (Phi) is 10.1. The zero-order valence-corrected chi connectivity index (χ0v) is 11.4. The van der Waals surface area contributed by atoms with Gasteiger partial charge in [-0.15, -0.1) is 0 Å². The minimum Gasteiger partial charge on any atom is -0.379 e. The van der Waals surface area contributed by atoms with E-state index in [1.54, 1.807) is 0 Å². The molecule has 0 aliphatic heterocycles. The topological polar surface area (TPSA) is 54.3 Å². The third-order valence-corrected chi connectivity index (χ3v) is 2.42. The van der Waals surface area contributed by atoms with Crippen molar-refractivity contribution >= 4 is 0 Å². The van der Waals surface area contributed by atoms with Gasteiger partial charge in [0.1, 0.15) is 5.54 Å². The summed E-state index contributed by atoms with van der Waals surface area (Å²) in [6.07, 6.45) is 3.25. The molecule has 0 aromatic carbocycles. The van der Waals surface area contributed by atoms with Gasteiger partial charge in [0.25, 0.3) is 0 Å². The van der Waals surface area contributed by atoms with E-state index in [2.05, 4.69) is 25.2 Å². The molecule has 1 atom stereocenters. The van der Waals surface area contributed by atoms with Gasteiger partial charge in [-0.2, -0.15) is 5.26 Å². The molecule has 0 radical (unpaired) electrons. The van der Waals surface area contributed by atoms with Crippen LogP contribution in [0.15, 0.2) is 0 Å². The van der Waals surface area contributed by atoms with Crippen LogP contribution in [0.25, 0.3) is 0 Å². The Bertz CT molecular complexity index is 216. The Labute approximate surface area is 105 Å². The van der Waals surface area contributed by atoms with Gasteiger partial charge in [-0.05, 0) is 26.3 Å². The first-order chi connectivity index (χ1) is 8.18. The lowest BCUT2D eigenvalue weighted by molar-refractivity contribution is 0.0314. The SMILES string of the molecule is CCCCOCCOCC(C)(C#N)NCCC. The molecule has 0 spiro atoms. The summed E-state index contributed by atoms with van der Waals surface area (Å²) < 4.78 is 10.8. The minimum absolute atomic E-state index is 0.403. The molecular formula is C13H26N2O2. The number of nitriles is 1. The predicted octanol–water partition coefficient (Wildman–Crippen LogP) is 2.10. The van der Waals surface area contributed by atoms with Crippen molar-refractivity contribution in [3.63, 3.8) is 0 Å². The lowest BCUT2D eigenvalue weighted by Gasteiger charge is -2.22. The fraction of sp³-hybridized carbons (Fsp3) is 0.923. The van der Waals surface area contributed by atoms with Gasteiger partial charge in [0.2, 0.25) is 0 Å². The lowest BCUT2D eigenvalue weighted by atomic mass is 10.1. The first-order valence-corrected chi connectivity index (χ1v) is 6.50. The van der Waals surface area contributed by atoms with Crippen LogP contribution in [0.3, 0.4) is 0 Å². The Morgan fingerprint density at radius 2 is 1.82 bits per heavy atom. The van der Waals surface area contributed by atoms with Crippen LogP contribution in [0.4, 0.5) is 0 Å². The van der Waals surface area contributed by atoms with E-state index >= 15 is 0 Å². The number of hydrogen-bond donors (Lipinski definition) is 1. The third-order valence-electron chi connectivity index (χ3n) is 2.42. The van der Waals surface area contributed by atoms with Crippen molar-refractivity contribution in [3.05, 3.63) is 0 Å². The molecule has 0 aromatic heterocycles. The molecule has 100 valence electrons. The summed E-state index contributed by atoms with van der Waals surface area (Å²) in [6, 6.07) is 2.25. The second-order valence-electron chi connectivity index (χ2n) is 4.39. The number of rotatable bonds is 11. The summed E-state index contributed by atoms with van der Waals surface area (Å²) in [6.45, 7) is 9.26. The summed E-state index contributed by atoms with van der Waals surface area (Å²) >= 11 is 0. The second-order valence-corrected chi connectivity index (χ2v) is 4.39. The zero-order chi connectivity index (χ0) is 13.0. The monoisotopic (exact) mass is 242 g/mol. The van der Waals surface area contributed by atoms with Crippen LogP contribution >= 0.6 is 0 Å². The van der Waals surface area contributed by atoms with Crippen molar-refractivity contribution in [2.45, 2.75) is 45.6 Å². The van der Waals surface area contributed by atoms with Gasteiger partial charge in [-0.3, -0.25) is 5.32 Å². The van der Waals surface area contributed by atoms with Gasteiger partial charge < -0.3 is 9.47 Å². The Morgan fingerprint density at radius 1 is 1.12 bits per heavy atom. The summed E-state index contributed by atoms with van der Waals surface area (Å²) in [5.74, 6) is 0. The van der Waals surface area contributed by atoms with E-state index in [0.717, 1.165) is 32.4 Å². The molecule has 0 aliphatic carbocycles. The quantitative estimate of drug-likeness (QED) is 0.564. The van der Waals surface area contributed by atoms with Crippen molar-refractivity contribution in [1.82, 2.24) is 5.32 Å². The number of nitrogens with zero attached hydrogens (tertiary/aromatic N) is 1. The number of nitrogens with one attached hydrogen (secondary N) is 1. The number of hydrogen-bond acceptors (Lipinski definition) is 4. The zero-order valence-electron chi connectivity index (χ0n) is 11.4. The van der Waals surface area contributed by atoms with Gasteiger partial charge in [0, 0.05) is 6.61 Å². The van der Waals surface area contributed by atoms with Crippen LogP contribution in [0.1, 0.15) is 40.0 Å². The first-order valence-electron chi connectivity index (χ1n) is 6.50. The maximum Gasteiger partial charge on any atom is 0.127 e. The van der Waals surface area contributed by atoms with Gasteiger partial charge >= 0.3 is 0 Å². The molecule has 0 saturated heterocycles. The fourth-order valence-corrected chi connectivity index (χ4v) is 1.27. The highest BCUT2D eigenvalue weighted by Gasteiger charge is 2.22. The van der Waals surface area contributed by atoms with E-state index in [1.807, 2.05) is 6.92 Å². The maximum absolute atomic E-state index is 9.06. The van der Waals surface area contributed by atoms with Crippen molar-refractivity contribution < 1.29 is 9.47 Å². The van der Waals surface area contributed by atoms with Crippen molar-refractivity contribution in [3.8, 4) is 6.07 Å². The molecule has 1 unspecified atom stereocenters. The molecule has 0 aromatic rings. The highest BCUT2D eigenvalue weighted by molar-refractivity contribution is 5.03. The average molecular weight is 242 g/mol. The molecule has 1 N–H and O–H groups in total. The van der Waals surface area contributed by atoms with E-state index in [4.69, 9.17) is 14.7 Å². The smallest absolute Gasteiger partial charge is 0.127 e. The predicted molar refractivity (Wildman–Crippen MR) is 68.9 cm³/mol. The number of ether oxygens (including phenoxy) is 2. The average Bonchev–Trinajstić information content (AvgIpc) is 2.35. The largest absolute Gasteiger partial charge is 0.379 e. The summed E-state index contributed by atoms with van der Waals surface area (Å²) in [5, 5.41) is 12.2. The standard InChI is InChI=1S/C13H26N2O2/c1-4-6-8-16-9-10-17-12-13(3,11-14)15-7-5-2/h15H,4-10,12H2,1-3H3. The van der Waals surface area contributed by atoms with Gasteiger partial charge in [-0.25, -0.2) is 0 Å². The van der Waals surface area contributed by atoms with Crippen LogP contribution in [-0.4, -0.2) is 38.5 Å². The highest BCUT2D eigenvalue weighted by atomic mass is 16.5. The van der Waals surface area contributed by atoms with Gasteiger partial charge in [0.05, 0.1) is 25.9 Å². The Hall–Kier alpha value is -0.630. The molecule has 4 heteroatoms. The molecule has 0 amide bonds. The van der Waals surface area contributed by atoms with Crippen molar-refractivity contribution in [1.29, 1.82) is 5.26 Å². The molecule has 17 heavy (non-hydrogen) atoms. The van der Waals surface area contributed by atoms with Crippen LogP contribution in [0.5, 0.6) is 0 Å². The normalized spacial score (nSPS) is 14.2. The minimum atomic E-state index is -0.584. The Balaban J connectivity index is 3.53. The van der Waals surface area contributed by atoms with E-state index in [1.165, 1.54) is 0 Å². The Morgan fingerprint density at radius 3 is 2.41 bits per heavy atom. The molecular weight excluding hydrogens is 216 g/mol. The van der Waals surface area contributed by atoms with Crippen LogP contribution in [0.2, 0.25) is 0 Å². The van der Waals surface area contributed by atoms with E-state index in [-0.39, 0.29) is 0 Å². The molecule has 0 aliphatic rings. The maximum atomic E-state index is 9.06. The molecule has 0 saturated carbocycles. The number of unbranched alkanes of at least 4 members (excludes halogenated alkanes) is 1. The molecule has 0 fully saturated rings.